The van der Waals surface area contributed by atoms with Crippen LogP contribution in [0.2, 0.25) is 0 Å². The Labute approximate surface area is 197 Å². The van der Waals surface area contributed by atoms with E-state index in [0.717, 1.165) is 39.3 Å². The summed E-state index contributed by atoms with van der Waals surface area (Å²) in [7, 11) is 0. The van der Waals surface area contributed by atoms with Crippen molar-refractivity contribution in [3.8, 4) is 11.6 Å². The highest BCUT2D eigenvalue weighted by molar-refractivity contribution is 5.53. The highest BCUT2D eigenvalue weighted by Gasteiger charge is 2.34. The van der Waals surface area contributed by atoms with E-state index in [-0.39, 0.29) is 5.95 Å². The van der Waals surface area contributed by atoms with Gasteiger partial charge < -0.3 is 20.4 Å². The lowest BCUT2D eigenvalue weighted by atomic mass is 9.91. The first-order chi connectivity index (χ1) is 16.7. The molecule has 0 radical (unpaired) electrons. The molecule has 2 unspecified atom stereocenters. The quantitative estimate of drug-likeness (QED) is 0.436. The zero-order valence-corrected chi connectivity index (χ0v) is 18.9. The second kappa shape index (κ2) is 8.99. The average Bonchev–Trinajstić information content (AvgIpc) is 3.55. The Balaban J connectivity index is 1.08. The number of piperidine rings is 1. The molecule has 11 nitrogen and oxygen atoms in total. The number of aromatic nitrogens is 6. The summed E-state index contributed by atoms with van der Waals surface area (Å²) in [5.74, 6) is 3.01. The normalized spacial score (nSPS) is 21.1. The van der Waals surface area contributed by atoms with Gasteiger partial charge in [0.2, 0.25) is 17.7 Å². The van der Waals surface area contributed by atoms with Crippen LogP contribution in [-0.2, 0) is 6.54 Å². The summed E-state index contributed by atoms with van der Waals surface area (Å²) in [6, 6.07) is 8.20. The van der Waals surface area contributed by atoms with Crippen molar-refractivity contribution < 1.29 is 4.42 Å². The molecule has 0 bridgehead atoms. The Hall–Kier alpha value is -3.57. The van der Waals surface area contributed by atoms with Crippen LogP contribution < -0.4 is 16.0 Å². The number of hydrogen-bond donors (Lipinski definition) is 2. The molecule has 2 saturated heterocycles. The number of nitrogen functional groups attached to an aromatic ring is 1. The molecule has 2 aliphatic heterocycles. The van der Waals surface area contributed by atoms with Crippen LogP contribution in [0.4, 0.5) is 11.9 Å². The van der Waals surface area contributed by atoms with Crippen LogP contribution in [-0.4, -0.2) is 73.2 Å². The summed E-state index contributed by atoms with van der Waals surface area (Å²) >= 11 is 0. The smallest absolute Gasteiger partial charge is 0.259 e. The Morgan fingerprint density at radius 3 is 2.91 bits per heavy atom. The molecule has 2 fully saturated rings. The molecule has 4 aromatic rings. The number of nitrogens with zero attached hydrogens (tertiary/aromatic N) is 8. The average molecular weight is 461 g/mol. The van der Waals surface area contributed by atoms with E-state index in [1.807, 2.05) is 24.5 Å². The molecule has 11 heteroatoms. The van der Waals surface area contributed by atoms with Crippen molar-refractivity contribution in [1.82, 2.24) is 39.8 Å². The lowest BCUT2D eigenvalue weighted by Gasteiger charge is -2.46. The third-order valence-corrected chi connectivity index (χ3v) is 6.74. The fourth-order valence-corrected chi connectivity index (χ4v) is 4.98. The number of furan rings is 1. The van der Waals surface area contributed by atoms with Gasteiger partial charge in [0.1, 0.15) is 0 Å². The number of pyridine rings is 1. The van der Waals surface area contributed by atoms with Gasteiger partial charge in [-0.2, -0.15) is 19.5 Å². The summed E-state index contributed by atoms with van der Waals surface area (Å²) in [5.41, 5.74) is 7.43. The van der Waals surface area contributed by atoms with E-state index in [9.17, 15) is 0 Å². The van der Waals surface area contributed by atoms with Crippen molar-refractivity contribution in [1.29, 1.82) is 0 Å². The predicted molar refractivity (Wildman–Crippen MR) is 127 cm³/mol. The van der Waals surface area contributed by atoms with Gasteiger partial charge in [-0.3, -0.25) is 9.88 Å². The summed E-state index contributed by atoms with van der Waals surface area (Å²) < 4.78 is 6.86. The third kappa shape index (κ3) is 4.19. The molecule has 0 aromatic carbocycles. The van der Waals surface area contributed by atoms with E-state index >= 15 is 0 Å². The van der Waals surface area contributed by atoms with Crippen molar-refractivity contribution >= 4 is 17.7 Å². The van der Waals surface area contributed by atoms with Crippen LogP contribution in [0.1, 0.15) is 18.4 Å². The topological polar surface area (TPSA) is 127 Å². The van der Waals surface area contributed by atoms with E-state index in [2.05, 4.69) is 46.2 Å². The monoisotopic (exact) mass is 460 g/mol. The summed E-state index contributed by atoms with van der Waals surface area (Å²) in [6.07, 6.45) is 7.71. The number of nitrogens with two attached hydrogens (primary N) is 1. The van der Waals surface area contributed by atoms with Gasteiger partial charge in [0.15, 0.2) is 5.76 Å². The van der Waals surface area contributed by atoms with E-state index < -0.39 is 0 Å². The highest BCUT2D eigenvalue weighted by Crippen LogP contribution is 2.27. The molecule has 2 aliphatic rings. The second-order valence-corrected chi connectivity index (χ2v) is 9.04. The number of rotatable bonds is 6. The molecular formula is C23H28N10O. The number of nitrogens with one attached hydrogen (secondary N) is 1. The van der Waals surface area contributed by atoms with Crippen LogP contribution in [0.3, 0.4) is 0 Å². The van der Waals surface area contributed by atoms with Gasteiger partial charge in [-0.05, 0) is 49.1 Å². The molecule has 2 atom stereocenters. The Morgan fingerprint density at radius 2 is 2.06 bits per heavy atom. The van der Waals surface area contributed by atoms with Gasteiger partial charge in [0.25, 0.3) is 5.78 Å². The second-order valence-electron chi connectivity index (χ2n) is 9.04. The first-order valence-corrected chi connectivity index (χ1v) is 11.8. The van der Waals surface area contributed by atoms with Gasteiger partial charge in [-0.15, -0.1) is 5.10 Å². The Kier molecular flexibility index (Phi) is 5.55. The van der Waals surface area contributed by atoms with Crippen molar-refractivity contribution in [2.24, 2.45) is 5.92 Å². The molecule has 0 amide bonds. The number of fused-ring (bicyclic) bond motifs is 2. The van der Waals surface area contributed by atoms with Crippen molar-refractivity contribution in [2.45, 2.75) is 25.4 Å². The molecule has 0 aliphatic carbocycles. The lowest BCUT2D eigenvalue weighted by molar-refractivity contribution is 0.0945. The summed E-state index contributed by atoms with van der Waals surface area (Å²) in [5, 5.41) is 7.99. The Morgan fingerprint density at radius 1 is 1.09 bits per heavy atom. The van der Waals surface area contributed by atoms with Gasteiger partial charge in [-0.1, -0.05) is 6.07 Å². The molecule has 176 valence electrons. The lowest BCUT2D eigenvalue weighted by Crippen LogP contribution is -2.57. The zero-order chi connectivity index (χ0) is 22.9. The van der Waals surface area contributed by atoms with Gasteiger partial charge in [-0.25, -0.2) is 0 Å². The molecule has 4 aromatic heterocycles. The standard InChI is InChI=1S/C23H28N10O/c24-21-28-22(29-23-27-20(30-33(21)23)19-4-2-10-34-19)32-9-8-31-14-17(5-6-18(31)15-32)13-26-12-16-3-1-7-25-11-16/h1-4,7,10-11,17-18,26H,5-6,8-9,12-15H2,(H2,24,27,28,29,30). The maximum Gasteiger partial charge on any atom is 0.259 e. The molecule has 0 spiro atoms. The first-order valence-electron chi connectivity index (χ1n) is 11.8. The molecule has 6 rings (SSSR count). The number of anilines is 2. The van der Waals surface area contributed by atoms with Crippen molar-refractivity contribution in [2.75, 3.05) is 43.4 Å². The maximum atomic E-state index is 6.20. The largest absolute Gasteiger partial charge is 0.461 e. The first kappa shape index (κ1) is 21.0. The van der Waals surface area contributed by atoms with Gasteiger partial charge >= 0.3 is 0 Å². The van der Waals surface area contributed by atoms with Crippen molar-refractivity contribution in [3.63, 3.8) is 0 Å². The summed E-state index contributed by atoms with van der Waals surface area (Å²) in [4.78, 5) is 22.7. The number of hydrogen-bond acceptors (Lipinski definition) is 10. The van der Waals surface area contributed by atoms with Crippen LogP contribution in [0.5, 0.6) is 0 Å². The minimum Gasteiger partial charge on any atom is -0.461 e. The van der Waals surface area contributed by atoms with Gasteiger partial charge in [0.05, 0.1) is 6.26 Å². The minimum atomic E-state index is 0.274. The van der Waals surface area contributed by atoms with Gasteiger partial charge in [0, 0.05) is 51.2 Å². The predicted octanol–water partition coefficient (Wildman–Crippen LogP) is 1.45. The zero-order valence-electron chi connectivity index (χ0n) is 18.9. The Bertz CT molecular complexity index is 1240. The molecular weight excluding hydrogens is 432 g/mol. The van der Waals surface area contributed by atoms with E-state index in [1.165, 1.54) is 22.9 Å². The van der Waals surface area contributed by atoms with Crippen LogP contribution >= 0.6 is 0 Å². The maximum absolute atomic E-state index is 6.20. The molecule has 34 heavy (non-hydrogen) atoms. The van der Waals surface area contributed by atoms with Crippen LogP contribution in [0.15, 0.2) is 47.3 Å². The van der Waals surface area contributed by atoms with E-state index in [4.69, 9.17) is 10.2 Å². The molecule has 3 N–H and O–H groups in total. The van der Waals surface area contributed by atoms with Crippen molar-refractivity contribution in [3.05, 3.63) is 48.5 Å². The van der Waals surface area contributed by atoms with Crippen LogP contribution in [0.25, 0.3) is 17.4 Å². The summed E-state index contributed by atoms with van der Waals surface area (Å²) in [6.45, 7) is 5.77. The number of piperazine rings is 1. The molecule has 6 heterocycles. The van der Waals surface area contributed by atoms with E-state index in [1.54, 1.807) is 12.3 Å². The third-order valence-electron chi connectivity index (χ3n) is 6.74. The minimum absolute atomic E-state index is 0.274. The highest BCUT2D eigenvalue weighted by atomic mass is 16.3. The van der Waals surface area contributed by atoms with E-state index in [0.29, 0.717) is 35.3 Å². The van der Waals surface area contributed by atoms with Crippen LogP contribution in [0, 0.1) is 5.92 Å². The SMILES string of the molecule is Nc1nc(N2CCN3CC(CNCc4cccnc4)CCC3C2)nc2nc(-c3ccco3)nn12. The fraction of sp³-hybridized carbons (Fsp3) is 0.435. The fourth-order valence-electron chi connectivity index (χ4n) is 4.98. The molecule has 0 saturated carbocycles.